The maximum absolute atomic E-state index is 15.8. The van der Waals surface area contributed by atoms with Crippen LogP contribution in [0.1, 0.15) is 73.2 Å². The summed E-state index contributed by atoms with van der Waals surface area (Å²) < 4.78 is 84.5. The van der Waals surface area contributed by atoms with Gasteiger partial charge in [-0.2, -0.15) is 13.2 Å². The Morgan fingerprint density at radius 2 is 1.61 bits per heavy atom. The Balaban J connectivity index is 1.22. The summed E-state index contributed by atoms with van der Waals surface area (Å²) in [6.07, 6.45) is 2.76. The monoisotopic (exact) mass is 614 g/mol. The van der Waals surface area contributed by atoms with Gasteiger partial charge in [0.05, 0.1) is 18.7 Å². The van der Waals surface area contributed by atoms with E-state index in [1.165, 1.54) is 6.42 Å². The highest BCUT2D eigenvalue weighted by Crippen LogP contribution is 2.45. The van der Waals surface area contributed by atoms with Crippen molar-refractivity contribution in [3.8, 4) is 11.5 Å². The summed E-state index contributed by atoms with van der Waals surface area (Å²) in [7, 11) is 0. The molecular formula is C35H39F5N2O2. The summed E-state index contributed by atoms with van der Waals surface area (Å²) in [5.41, 5.74) is 2.04. The van der Waals surface area contributed by atoms with E-state index in [1.54, 1.807) is 18.2 Å². The number of nitrogens with zero attached hydrogens (tertiary/aromatic N) is 1. The minimum absolute atomic E-state index is 0.00418. The lowest BCUT2D eigenvalue weighted by Gasteiger charge is -2.40. The summed E-state index contributed by atoms with van der Waals surface area (Å²) >= 11 is 0. The zero-order valence-corrected chi connectivity index (χ0v) is 24.8. The average Bonchev–Trinajstić information content (AvgIpc) is 3.23. The molecule has 0 bridgehead atoms. The molecule has 236 valence electrons. The number of fused-ring (bicyclic) bond motifs is 1. The van der Waals surface area contributed by atoms with E-state index in [1.807, 2.05) is 30.3 Å². The molecule has 9 heteroatoms. The maximum atomic E-state index is 15.8. The molecule has 3 aromatic carbocycles. The van der Waals surface area contributed by atoms with Gasteiger partial charge in [0.15, 0.2) is 0 Å². The average molecular weight is 615 g/mol. The molecule has 1 N–H and O–H groups in total. The number of hydrogen-bond donors (Lipinski definition) is 1. The van der Waals surface area contributed by atoms with Gasteiger partial charge in [-0.05, 0) is 98.7 Å². The van der Waals surface area contributed by atoms with E-state index in [2.05, 4.69) is 5.32 Å². The molecule has 44 heavy (non-hydrogen) atoms. The van der Waals surface area contributed by atoms with E-state index in [0.717, 1.165) is 74.2 Å². The molecule has 0 amide bonds. The van der Waals surface area contributed by atoms with Gasteiger partial charge in [-0.25, -0.2) is 8.78 Å². The van der Waals surface area contributed by atoms with Crippen LogP contribution >= 0.6 is 0 Å². The highest BCUT2D eigenvalue weighted by Gasteiger charge is 2.40. The van der Waals surface area contributed by atoms with Gasteiger partial charge in [-0.15, -0.1) is 0 Å². The lowest BCUT2D eigenvalue weighted by atomic mass is 9.69. The smallest absolute Gasteiger partial charge is 0.401 e. The van der Waals surface area contributed by atoms with Crippen molar-refractivity contribution in [1.82, 2.24) is 10.2 Å². The first-order chi connectivity index (χ1) is 21.2. The standard InChI is InChI=1S/C35H39F5N2O2/c36-30-20-28(44-26-9-13-34(14-10-26)12-4-16-41-17-15-34)21-31(37)32(30)33-29-8-7-27(43-22-24-5-2-1-3-6-24)19-25(29)11-18-42(33)23-35(38,39)40/h1-3,5-8,19-21,26,33,41H,4,9-18,22-23H2. The predicted molar refractivity (Wildman–Crippen MR) is 159 cm³/mol. The second-order valence-corrected chi connectivity index (χ2v) is 12.6. The number of ether oxygens (including phenoxy) is 2. The normalized spacial score (nSPS) is 24.5. The molecule has 3 aromatic rings. The first-order valence-corrected chi connectivity index (χ1v) is 15.6. The van der Waals surface area contributed by atoms with Gasteiger partial charge in [-0.1, -0.05) is 36.4 Å². The Morgan fingerprint density at radius 3 is 2.34 bits per heavy atom. The lowest BCUT2D eigenvalue weighted by Crippen LogP contribution is -2.42. The molecule has 0 aromatic heterocycles. The van der Waals surface area contributed by atoms with Crippen LogP contribution in [0.15, 0.2) is 60.7 Å². The van der Waals surface area contributed by atoms with E-state index >= 15 is 8.78 Å². The zero-order valence-electron chi connectivity index (χ0n) is 24.8. The fraction of sp³-hybridized carbons (Fsp3) is 0.486. The number of hydrogen-bond acceptors (Lipinski definition) is 4. The molecule has 1 atom stereocenters. The van der Waals surface area contributed by atoms with Crippen LogP contribution in [-0.2, 0) is 13.0 Å². The fourth-order valence-corrected chi connectivity index (χ4v) is 7.32. The van der Waals surface area contributed by atoms with Crippen LogP contribution in [-0.4, -0.2) is 43.4 Å². The zero-order chi connectivity index (χ0) is 30.7. The van der Waals surface area contributed by atoms with Gasteiger partial charge < -0.3 is 14.8 Å². The van der Waals surface area contributed by atoms with E-state index in [9.17, 15) is 13.2 Å². The minimum Gasteiger partial charge on any atom is -0.490 e. The number of alkyl halides is 3. The number of nitrogens with one attached hydrogen (secondary N) is 1. The molecule has 1 unspecified atom stereocenters. The van der Waals surface area contributed by atoms with Gasteiger partial charge in [0.25, 0.3) is 0 Å². The molecule has 1 aliphatic carbocycles. The molecule has 6 rings (SSSR count). The van der Waals surface area contributed by atoms with Gasteiger partial charge >= 0.3 is 6.18 Å². The molecule has 2 fully saturated rings. The van der Waals surface area contributed by atoms with Crippen molar-refractivity contribution in [2.24, 2.45) is 5.41 Å². The third kappa shape index (κ3) is 7.20. The predicted octanol–water partition coefficient (Wildman–Crippen LogP) is 8.13. The number of rotatable bonds is 7. The second kappa shape index (κ2) is 13.1. The van der Waals surface area contributed by atoms with Crippen molar-refractivity contribution >= 4 is 0 Å². The van der Waals surface area contributed by atoms with Gasteiger partial charge in [0.2, 0.25) is 0 Å². The third-order valence-corrected chi connectivity index (χ3v) is 9.59. The Hall–Kier alpha value is -3.17. The summed E-state index contributed by atoms with van der Waals surface area (Å²) in [5, 5.41) is 3.46. The molecule has 1 saturated carbocycles. The van der Waals surface area contributed by atoms with E-state index in [-0.39, 0.29) is 18.4 Å². The topological polar surface area (TPSA) is 33.7 Å². The first-order valence-electron chi connectivity index (χ1n) is 15.6. The van der Waals surface area contributed by atoms with E-state index < -0.39 is 36.0 Å². The highest BCUT2D eigenvalue weighted by molar-refractivity contribution is 5.46. The maximum Gasteiger partial charge on any atom is 0.401 e. The highest BCUT2D eigenvalue weighted by atomic mass is 19.4. The van der Waals surface area contributed by atoms with Gasteiger partial charge in [-0.3, -0.25) is 4.90 Å². The second-order valence-electron chi connectivity index (χ2n) is 12.6. The molecular weight excluding hydrogens is 575 g/mol. The van der Waals surface area contributed by atoms with Crippen LogP contribution in [0.3, 0.4) is 0 Å². The van der Waals surface area contributed by atoms with Crippen LogP contribution in [0, 0.1) is 17.0 Å². The summed E-state index contributed by atoms with van der Waals surface area (Å²) in [4.78, 5) is 1.11. The van der Waals surface area contributed by atoms with Crippen molar-refractivity contribution in [3.63, 3.8) is 0 Å². The van der Waals surface area contributed by atoms with Crippen molar-refractivity contribution < 1.29 is 31.4 Å². The minimum atomic E-state index is -4.53. The fourth-order valence-electron chi connectivity index (χ4n) is 7.32. The summed E-state index contributed by atoms with van der Waals surface area (Å²) in [6, 6.07) is 15.7. The SMILES string of the molecule is Fc1cc(OC2CCC3(CCCNCC3)CC2)cc(F)c1C1c2ccc(OCc3ccccc3)cc2CCN1CC(F)(F)F. The number of benzene rings is 3. The van der Waals surface area contributed by atoms with E-state index in [0.29, 0.717) is 35.3 Å². The Kier molecular flexibility index (Phi) is 9.15. The Morgan fingerprint density at radius 1 is 0.864 bits per heavy atom. The molecule has 1 saturated heterocycles. The van der Waals surface area contributed by atoms with Crippen LogP contribution in [0.5, 0.6) is 11.5 Å². The quantitative estimate of drug-likeness (QED) is 0.273. The Bertz CT molecular complexity index is 1390. The van der Waals surface area contributed by atoms with Crippen molar-refractivity contribution in [2.75, 3.05) is 26.2 Å². The Labute approximate surface area is 255 Å². The molecule has 0 radical (unpaired) electrons. The van der Waals surface area contributed by atoms with E-state index in [4.69, 9.17) is 9.47 Å². The number of halogens is 5. The molecule has 1 spiro atoms. The largest absolute Gasteiger partial charge is 0.490 e. The van der Waals surface area contributed by atoms with Crippen LogP contribution < -0.4 is 14.8 Å². The first kappa shape index (κ1) is 30.8. The van der Waals surface area contributed by atoms with Gasteiger partial charge in [0.1, 0.15) is 29.7 Å². The van der Waals surface area contributed by atoms with Crippen LogP contribution in [0.4, 0.5) is 22.0 Å². The lowest BCUT2D eigenvalue weighted by molar-refractivity contribution is -0.150. The molecule has 3 aliphatic rings. The van der Waals surface area contributed by atoms with Crippen LogP contribution in [0.2, 0.25) is 0 Å². The third-order valence-electron chi connectivity index (χ3n) is 9.59. The summed E-state index contributed by atoms with van der Waals surface area (Å²) in [5.74, 6) is -1.18. The van der Waals surface area contributed by atoms with Crippen molar-refractivity contribution in [3.05, 3.63) is 94.6 Å². The van der Waals surface area contributed by atoms with Crippen molar-refractivity contribution in [1.29, 1.82) is 0 Å². The van der Waals surface area contributed by atoms with Crippen molar-refractivity contribution in [2.45, 2.75) is 76.3 Å². The molecule has 2 heterocycles. The molecule has 2 aliphatic heterocycles. The molecule has 4 nitrogen and oxygen atoms in total. The van der Waals surface area contributed by atoms with Crippen LogP contribution in [0.25, 0.3) is 0 Å². The summed E-state index contributed by atoms with van der Waals surface area (Å²) in [6.45, 7) is 1.10. The van der Waals surface area contributed by atoms with Gasteiger partial charge in [0, 0.05) is 24.2 Å².